The van der Waals surface area contributed by atoms with Gasteiger partial charge >= 0.3 is 23.9 Å². The zero-order valence-electron chi connectivity index (χ0n) is 57.3. The number of rotatable bonds is 49. The molecule has 0 aromatic heterocycles. The zero-order valence-corrected chi connectivity index (χ0v) is 57.3. The van der Waals surface area contributed by atoms with Gasteiger partial charge in [0.2, 0.25) is 11.8 Å². The predicted octanol–water partition coefficient (Wildman–Crippen LogP) is 16.8. The molecule has 2 aliphatic heterocycles. The maximum absolute atomic E-state index is 11.1. The molecule has 0 aliphatic carbocycles. The highest BCUT2D eigenvalue weighted by molar-refractivity contribution is 5.87. The molecule has 2 rings (SSSR count). The quantitative estimate of drug-likeness (QED) is 0.0165. The number of hydrogen-bond acceptors (Lipinski definition) is 13. The summed E-state index contributed by atoms with van der Waals surface area (Å²) in [6.45, 7) is 18.0. The van der Waals surface area contributed by atoms with Crippen LogP contribution in [0, 0.1) is 0 Å². The highest BCUT2D eigenvalue weighted by Gasteiger charge is 2.33. The van der Waals surface area contributed by atoms with Gasteiger partial charge in [-0.3, -0.25) is 9.59 Å². The number of carbonyl (C=O) groups is 6. The van der Waals surface area contributed by atoms with Crippen LogP contribution in [-0.2, 0) is 47.7 Å². The highest BCUT2D eigenvalue weighted by atomic mass is 16.7. The lowest BCUT2D eigenvalue weighted by atomic mass is 10.1. The second kappa shape index (κ2) is 67.8. The first kappa shape index (κ1) is 87.1. The lowest BCUT2D eigenvalue weighted by molar-refractivity contribution is -0.191. The second-order valence-corrected chi connectivity index (χ2v) is 23.9. The fourth-order valence-electron chi connectivity index (χ4n) is 9.13. The summed E-state index contributed by atoms with van der Waals surface area (Å²) >= 11 is 0. The van der Waals surface area contributed by atoms with Crippen LogP contribution >= 0.6 is 0 Å². The van der Waals surface area contributed by atoms with Crippen LogP contribution in [0.1, 0.15) is 332 Å². The van der Waals surface area contributed by atoms with Gasteiger partial charge in [-0.1, -0.05) is 231 Å². The molecule has 2 heterocycles. The van der Waals surface area contributed by atoms with Crippen molar-refractivity contribution in [2.45, 2.75) is 369 Å². The molecule has 15 heteroatoms. The zero-order chi connectivity index (χ0) is 65.2. The van der Waals surface area contributed by atoms with Crippen LogP contribution in [0.25, 0.3) is 0 Å². The molecule has 2 aliphatic rings. The van der Waals surface area contributed by atoms with E-state index in [9.17, 15) is 28.8 Å². The van der Waals surface area contributed by atoms with Crippen molar-refractivity contribution < 1.29 is 57.9 Å². The van der Waals surface area contributed by atoms with Gasteiger partial charge in [0, 0.05) is 13.1 Å². The molecule has 6 atom stereocenters. The van der Waals surface area contributed by atoms with E-state index < -0.39 is 60.5 Å². The summed E-state index contributed by atoms with van der Waals surface area (Å²) in [6.07, 6.45) is 64.7. The Morgan fingerprint density at radius 2 is 0.540 bits per heavy atom. The molecule has 510 valence electrons. The van der Waals surface area contributed by atoms with Crippen molar-refractivity contribution in [1.29, 1.82) is 0 Å². The molecule has 2 fully saturated rings. The van der Waals surface area contributed by atoms with Crippen LogP contribution in [0.5, 0.6) is 0 Å². The summed E-state index contributed by atoms with van der Waals surface area (Å²) in [5, 5.41) is 23.5. The van der Waals surface area contributed by atoms with Crippen molar-refractivity contribution in [2.24, 2.45) is 5.73 Å². The maximum Gasteiger partial charge on any atom is 0.347 e. The normalized spacial score (nSPS) is 17.1. The van der Waals surface area contributed by atoms with Crippen LogP contribution in [0.4, 0.5) is 0 Å². The summed E-state index contributed by atoms with van der Waals surface area (Å²) in [4.78, 5) is 64.9. The molecule has 6 N–H and O–H groups in total. The number of unbranched alkanes of at least 4 members (excludes halogenated alkanes) is 36. The lowest BCUT2D eigenvalue weighted by Gasteiger charge is -2.22. The standard InChI is InChI=1S/2C21H41NO2.C18H37N.2C6H8O4/c2*1-3-4-5-6-7-8-9-10-11-12-13-14-15-16-17-18-19-22-21(24)20(2)23;1-2-3-4-5-6-7-8-9-10-11-12-13-14-15-16-17-18-19;2*1-3-5(7)10-4(2)6(8)9-3/h2*10-11,20,23H,3-9,12-19H2,1-2H3,(H,22,24);9-10H,2-8,11-19H2,1H3;2*3-4H,1-2H3/b2*11-10-;10-9-;;/t2*20-;;2*3-,4-/m10.10/s1. The SMILES string of the molecule is CCCCCCCC/C=C\CCCCCCCCN.CCCCCCCC/C=C\CCCCCCCCNC(=O)[C@@H](C)O.CCCCCCCC/C=C\CCCCCCCCNC(=O)[C@H](C)O.C[C@@H]1OC(=O)[C@H](C)OC1=O.C[C@H]1OC(=O)[C@@H](C)OC1=O. The van der Waals surface area contributed by atoms with Crippen molar-refractivity contribution in [3.05, 3.63) is 36.5 Å². The fraction of sp³-hybridized carbons (Fsp3) is 0.833. The van der Waals surface area contributed by atoms with Gasteiger partial charge in [0.25, 0.3) is 0 Å². The van der Waals surface area contributed by atoms with E-state index in [1.54, 1.807) is 0 Å². The second-order valence-electron chi connectivity index (χ2n) is 23.9. The minimum absolute atomic E-state index is 0.261. The van der Waals surface area contributed by atoms with E-state index in [4.69, 9.17) is 15.9 Å². The minimum atomic E-state index is -0.890. The van der Waals surface area contributed by atoms with Crippen molar-refractivity contribution in [2.75, 3.05) is 19.6 Å². The van der Waals surface area contributed by atoms with Crippen molar-refractivity contribution >= 4 is 35.7 Å². The Bertz CT molecular complexity index is 1550. The highest BCUT2D eigenvalue weighted by Crippen LogP contribution is 2.15. The number of aliphatic hydroxyl groups is 2. The average molecular weight is 1230 g/mol. The summed E-state index contributed by atoms with van der Waals surface area (Å²) in [5.74, 6) is -2.44. The maximum atomic E-state index is 11.1. The molecule has 87 heavy (non-hydrogen) atoms. The van der Waals surface area contributed by atoms with Gasteiger partial charge in [0.1, 0.15) is 12.2 Å². The molecular formula is C72H135N3O12. The molecule has 15 nitrogen and oxygen atoms in total. The molecule has 0 aromatic carbocycles. The van der Waals surface area contributed by atoms with Gasteiger partial charge in [-0.05, 0) is 144 Å². The monoisotopic (exact) mass is 1230 g/mol. The summed E-state index contributed by atoms with van der Waals surface area (Å²) < 4.78 is 18.4. The Hall–Kier alpha value is -4.08. The van der Waals surface area contributed by atoms with E-state index in [2.05, 4.69) is 86.8 Å². The predicted molar refractivity (Wildman–Crippen MR) is 359 cm³/mol. The van der Waals surface area contributed by atoms with E-state index >= 15 is 0 Å². The number of ether oxygens (including phenoxy) is 4. The van der Waals surface area contributed by atoms with E-state index in [1.165, 1.54) is 286 Å². The van der Waals surface area contributed by atoms with Gasteiger partial charge in [0.15, 0.2) is 24.4 Å². The van der Waals surface area contributed by atoms with Gasteiger partial charge in [-0.25, -0.2) is 19.2 Å². The number of aliphatic hydroxyl groups excluding tert-OH is 2. The van der Waals surface area contributed by atoms with Crippen molar-refractivity contribution in [3.63, 3.8) is 0 Å². The number of hydrogen-bond donors (Lipinski definition) is 5. The van der Waals surface area contributed by atoms with Crippen LogP contribution in [-0.4, -0.2) is 102 Å². The molecule has 0 saturated carbocycles. The van der Waals surface area contributed by atoms with E-state index in [1.807, 2.05) is 0 Å². The van der Waals surface area contributed by atoms with Crippen molar-refractivity contribution in [1.82, 2.24) is 10.6 Å². The molecular weight excluding hydrogens is 1100 g/mol. The number of nitrogens with two attached hydrogens (primary N) is 1. The Labute approximate surface area is 532 Å². The van der Waals surface area contributed by atoms with Gasteiger partial charge in [-0.2, -0.15) is 0 Å². The first-order chi connectivity index (χ1) is 42.0. The van der Waals surface area contributed by atoms with E-state index in [0.29, 0.717) is 13.1 Å². The first-order valence-electron chi connectivity index (χ1n) is 35.4. The molecule has 2 saturated heterocycles. The topological polar surface area (TPSA) is 230 Å². The molecule has 0 radical (unpaired) electrons. The molecule has 0 aromatic rings. The minimum Gasteiger partial charge on any atom is -0.448 e. The van der Waals surface area contributed by atoms with Crippen molar-refractivity contribution in [3.8, 4) is 0 Å². The van der Waals surface area contributed by atoms with E-state index in [0.717, 1.165) is 32.2 Å². The Balaban J connectivity index is -0.00000105. The lowest BCUT2D eigenvalue weighted by Crippen LogP contribution is -2.40. The Kier molecular flexibility index (Phi) is 67.9. The first-order valence-corrected chi connectivity index (χ1v) is 35.4. The van der Waals surface area contributed by atoms with Crippen LogP contribution in [0.2, 0.25) is 0 Å². The molecule has 0 unspecified atom stereocenters. The number of amides is 2. The average Bonchev–Trinajstić information content (AvgIpc) is 3.32. The smallest absolute Gasteiger partial charge is 0.347 e. The Morgan fingerprint density at radius 1 is 0.356 bits per heavy atom. The van der Waals surface area contributed by atoms with Crippen LogP contribution in [0.3, 0.4) is 0 Å². The number of carbonyl (C=O) groups excluding carboxylic acids is 6. The molecule has 0 bridgehead atoms. The van der Waals surface area contributed by atoms with Gasteiger partial charge in [-0.15, -0.1) is 0 Å². The third kappa shape index (κ3) is 64.7. The molecule has 2 amide bonds. The largest absolute Gasteiger partial charge is 0.448 e. The van der Waals surface area contributed by atoms with Crippen LogP contribution < -0.4 is 16.4 Å². The summed E-state index contributed by atoms with van der Waals surface area (Å²) in [5.41, 5.74) is 5.47. The van der Waals surface area contributed by atoms with E-state index in [-0.39, 0.29) is 11.8 Å². The summed E-state index contributed by atoms with van der Waals surface area (Å²) in [6, 6.07) is 0. The number of cyclic esters (lactones) is 4. The third-order valence-electron chi connectivity index (χ3n) is 14.9. The van der Waals surface area contributed by atoms with Gasteiger partial charge in [0.05, 0.1) is 0 Å². The number of nitrogens with one attached hydrogen (secondary N) is 2. The number of allylic oxidation sites excluding steroid dienone is 6. The number of esters is 4. The van der Waals surface area contributed by atoms with Crippen LogP contribution in [0.15, 0.2) is 36.5 Å². The fourth-order valence-corrected chi connectivity index (χ4v) is 9.13. The van der Waals surface area contributed by atoms with Gasteiger partial charge < -0.3 is 45.5 Å². The summed E-state index contributed by atoms with van der Waals surface area (Å²) in [7, 11) is 0. The Morgan fingerprint density at radius 3 is 0.736 bits per heavy atom. The third-order valence-corrected chi connectivity index (χ3v) is 14.9. The molecule has 0 spiro atoms.